The quantitative estimate of drug-likeness (QED) is 0.176. The summed E-state index contributed by atoms with van der Waals surface area (Å²) in [6.45, 7) is 8.00. The van der Waals surface area contributed by atoms with Gasteiger partial charge in [0.25, 0.3) is 0 Å². The number of ketones is 1. The molecule has 0 atom stereocenters. The molecule has 6 heteroatoms. The first-order chi connectivity index (χ1) is 17.1. The van der Waals surface area contributed by atoms with Gasteiger partial charge in [0, 0.05) is 22.1 Å². The molecule has 0 saturated heterocycles. The summed E-state index contributed by atoms with van der Waals surface area (Å²) in [7, 11) is 3.26. The van der Waals surface area contributed by atoms with Gasteiger partial charge in [-0.15, -0.1) is 11.3 Å². The molecule has 0 radical (unpaired) electrons. The highest BCUT2D eigenvalue weighted by molar-refractivity contribution is 9.09. The Labute approximate surface area is 222 Å². The number of rotatable bonds is 6. The van der Waals surface area contributed by atoms with Crippen LogP contribution < -0.4 is 9.47 Å². The molecule has 0 aliphatic rings. The molecule has 0 N–H and O–H groups in total. The van der Waals surface area contributed by atoms with E-state index in [0.29, 0.717) is 16.6 Å². The number of nitrogens with zero attached hydrogens (tertiary/aromatic N) is 1. The van der Waals surface area contributed by atoms with Crippen molar-refractivity contribution in [1.82, 2.24) is 4.98 Å². The lowest BCUT2D eigenvalue weighted by Crippen LogP contribution is -1.99. The number of hydrogen-bond donors (Lipinski definition) is 0. The number of thiazole rings is 1. The molecule has 0 amide bonds. The van der Waals surface area contributed by atoms with Crippen LogP contribution in [0.3, 0.4) is 0 Å². The standard InChI is InChI=1S/C16H13NOS.C9H9BrO2.2C2H6/c1-18-14-9-5-8-13(10-14)15-11-19-16(17-15)12-6-3-2-4-7-12;1-12-8-4-2-3-7(5-8)9(11)6-10;2*1-2/h2-11H,1H3;2-5H,6H2,1H3;2*1-2H3. The lowest BCUT2D eigenvalue weighted by atomic mass is 10.1. The number of aromatic nitrogens is 1. The minimum absolute atomic E-state index is 0.0638. The zero-order chi connectivity index (χ0) is 26.1. The third-order valence-corrected chi connectivity index (χ3v) is 5.80. The Balaban J connectivity index is 0.000000332. The fourth-order valence-corrected chi connectivity index (χ4v) is 3.93. The highest BCUT2D eigenvalue weighted by atomic mass is 79.9. The summed E-state index contributed by atoms with van der Waals surface area (Å²) in [4.78, 5) is 15.9. The van der Waals surface area contributed by atoms with Crippen LogP contribution in [0.4, 0.5) is 0 Å². The number of methoxy groups -OCH3 is 2. The van der Waals surface area contributed by atoms with Crippen molar-refractivity contribution < 1.29 is 14.3 Å². The number of Topliss-reactive ketones (excluding diaryl/α,β-unsaturated/α-hetero) is 1. The Morgan fingerprint density at radius 1 is 0.800 bits per heavy atom. The van der Waals surface area contributed by atoms with Crippen molar-refractivity contribution in [3.63, 3.8) is 0 Å². The topological polar surface area (TPSA) is 48.4 Å². The Kier molecular flexibility index (Phi) is 15.0. The van der Waals surface area contributed by atoms with E-state index in [1.165, 1.54) is 0 Å². The minimum atomic E-state index is 0.0638. The van der Waals surface area contributed by atoms with Gasteiger partial charge in [0.05, 0.1) is 25.2 Å². The van der Waals surface area contributed by atoms with Crippen molar-refractivity contribution in [2.75, 3.05) is 19.5 Å². The predicted octanol–water partition coefficient (Wildman–Crippen LogP) is 8.81. The maximum atomic E-state index is 11.2. The zero-order valence-corrected chi connectivity index (χ0v) is 23.7. The molecule has 0 aliphatic heterocycles. The lowest BCUT2D eigenvalue weighted by Gasteiger charge is -2.01. The third kappa shape index (κ3) is 9.67. The number of benzene rings is 3. The molecule has 4 nitrogen and oxygen atoms in total. The molecule has 0 fully saturated rings. The maximum absolute atomic E-state index is 11.2. The van der Waals surface area contributed by atoms with Crippen LogP contribution >= 0.6 is 27.3 Å². The molecule has 4 aromatic rings. The van der Waals surface area contributed by atoms with Crippen LogP contribution in [0.5, 0.6) is 11.5 Å². The van der Waals surface area contributed by atoms with Crippen LogP contribution in [-0.2, 0) is 0 Å². The number of halogens is 1. The molecule has 0 aliphatic carbocycles. The van der Waals surface area contributed by atoms with E-state index in [1.807, 2.05) is 76.2 Å². The molecular weight excluding hydrogens is 522 g/mol. The molecule has 35 heavy (non-hydrogen) atoms. The highest BCUT2D eigenvalue weighted by Crippen LogP contribution is 2.30. The Bertz CT molecular complexity index is 1130. The Morgan fingerprint density at radius 2 is 1.37 bits per heavy atom. The first kappa shape index (κ1) is 30.1. The number of ether oxygens (including phenoxy) is 2. The highest BCUT2D eigenvalue weighted by Gasteiger charge is 2.07. The molecule has 0 unspecified atom stereocenters. The van der Waals surface area contributed by atoms with Crippen molar-refractivity contribution in [1.29, 1.82) is 0 Å². The second kappa shape index (κ2) is 17.5. The van der Waals surface area contributed by atoms with E-state index in [0.717, 1.165) is 27.6 Å². The second-order valence-electron chi connectivity index (χ2n) is 6.42. The van der Waals surface area contributed by atoms with E-state index in [-0.39, 0.29) is 5.78 Å². The molecule has 1 heterocycles. The average molecular weight is 557 g/mol. The zero-order valence-electron chi connectivity index (χ0n) is 21.2. The smallest absolute Gasteiger partial charge is 0.173 e. The SMILES string of the molecule is CC.CC.COc1cccc(-c2csc(-c3ccccc3)n2)c1.COc1cccc(C(=O)CBr)c1. The van der Waals surface area contributed by atoms with Crippen LogP contribution in [0.15, 0.2) is 84.2 Å². The van der Waals surface area contributed by atoms with E-state index in [9.17, 15) is 4.79 Å². The summed E-state index contributed by atoms with van der Waals surface area (Å²) in [5.41, 5.74) is 3.90. The van der Waals surface area contributed by atoms with Gasteiger partial charge >= 0.3 is 0 Å². The lowest BCUT2D eigenvalue weighted by molar-refractivity contribution is 0.102. The number of carbonyl (C=O) groups is 1. The summed E-state index contributed by atoms with van der Waals surface area (Å²) in [6, 6.07) is 25.3. The first-order valence-electron chi connectivity index (χ1n) is 11.5. The monoisotopic (exact) mass is 555 g/mol. The normalized spacial score (nSPS) is 9.23. The van der Waals surface area contributed by atoms with Gasteiger partial charge in [0.2, 0.25) is 0 Å². The van der Waals surface area contributed by atoms with E-state index < -0.39 is 0 Å². The van der Waals surface area contributed by atoms with Crippen LogP contribution in [-0.4, -0.2) is 30.3 Å². The maximum Gasteiger partial charge on any atom is 0.173 e. The summed E-state index contributed by atoms with van der Waals surface area (Å²) >= 11 is 4.77. The minimum Gasteiger partial charge on any atom is -0.497 e. The van der Waals surface area contributed by atoms with Gasteiger partial charge in [-0.1, -0.05) is 98.2 Å². The summed E-state index contributed by atoms with van der Waals surface area (Å²) in [6.07, 6.45) is 0. The van der Waals surface area contributed by atoms with Gasteiger partial charge in [0.1, 0.15) is 16.5 Å². The van der Waals surface area contributed by atoms with Crippen molar-refractivity contribution in [3.05, 3.63) is 89.8 Å². The largest absolute Gasteiger partial charge is 0.497 e. The molecule has 0 saturated carbocycles. The van der Waals surface area contributed by atoms with E-state index in [2.05, 4.69) is 38.4 Å². The summed E-state index contributed by atoms with van der Waals surface area (Å²) < 4.78 is 10.2. The molecule has 186 valence electrons. The number of hydrogen-bond acceptors (Lipinski definition) is 5. The van der Waals surface area contributed by atoms with Gasteiger partial charge in [-0.3, -0.25) is 4.79 Å². The molecule has 3 aromatic carbocycles. The van der Waals surface area contributed by atoms with Crippen molar-refractivity contribution in [3.8, 4) is 33.3 Å². The second-order valence-corrected chi connectivity index (χ2v) is 7.84. The fraction of sp³-hybridized carbons (Fsp3) is 0.241. The van der Waals surface area contributed by atoms with E-state index in [1.54, 1.807) is 43.8 Å². The van der Waals surface area contributed by atoms with Crippen molar-refractivity contribution >= 4 is 33.0 Å². The van der Waals surface area contributed by atoms with Gasteiger partial charge in [0.15, 0.2) is 5.78 Å². The average Bonchev–Trinajstić information content (AvgIpc) is 3.46. The van der Waals surface area contributed by atoms with E-state index in [4.69, 9.17) is 9.47 Å². The fourth-order valence-electron chi connectivity index (χ4n) is 2.78. The Morgan fingerprint density at radius 3 is 1.97 bits per heavy atom. The van der Waals surface area contributed by atoms with Crippen LogP contribution in [0.1, 0.15) is 38.1 Å². The van der Waals surface area contributed by atoms with Crippen LogP contribution in [0, 0.1) is 0 Å². The van der Waals surface area contributed by atoms with Gasteiger partial charge < -0.3 is 9.47 Å². The first-order valence-corrected chi connectivity index (χ1v) is 13.5. The number of carbonyl (C=O) groups excluding carboxylic acids is 1. The van der Waals surface area contributed by atoms with Gasteiger partial charge in [-0.25, -0.2) is 4.98 Å². The Hall–Kier alpha value is -2.96. The van der Waals surface area contributed by atoms with E-state index >= 15 is 0 Å². The molecule has 4 rings (SSSR count). The van der Waals surface area contributed by atoms with Crippen molar-refractivity contribution in [2.24, 2.45) is 0 Å². The van der Waals surface area contributed by atoms with Crippen LogP contribution in [0.25, 0.3) is 21.8 Å². The molecular formula is C29H34BrNO3S. The van der Waals surface area contributed by atoms with Gasteiger partial charge in [-0.05, 0) is 24.3 Å². The summed E-state index contributed by atoms with van der Waals surface area (Å²) in [5, 5.41) is 3.47. The summed E-state index contributed by atoms with van der Waals surface area (Å²) in [5.74, 6) is 1.63. The van der Waals surface area contributed by atoms with Crippen LogP contribution in [0.2, 0.25) is 0 Å². The third-order valence-electron chi connectivity index (χ3n) is 4.40. The number of alkyl halides is 1. The molecule has 1 aromatic heterocycles. The van der Waals surface area contributed by atoms with Gasteiger partial charge in [-0.2, -0.15) is 0 Å². The van der Waals surface area contributed by atoms with Crippen molar-refractivity contribution in [2.45, 2.75) is 27.7 Å². The molecule has 0 spiro atoms. The predicted molar refractivity (Wildman–Crippen MR) is 153 cm³/mol. The molecule has 0 bridgehead atoms.